The van der Waals surface area contributed by atoms with E-state index in [0.29, 0.717) is 5.92 Å². The van der Waals surface area contributed by atoms with Gasteiger partial charge in [0.25, 0.3) is 0 Å². The zero-order chi connectivity index (χ0) is 13.6. The van der Waals surface area contributed by atoms with Crippen LogP contribution in [0.5, 0.6) is 0 Å². The smallest absolute Gasteiger partial charge is 0.0469 e. The van der Waals surface area contributed by atoms with E-state index in [1.54, 1.807) is 0 Å². The molecule has 3 heteroatoms. The summed E-state index contributed by atoms with van der Waals surface area (Å²) in [5.74, 6) is 1.54. The third-order valence-electron chi connectivity index (χ3n) is 3.51. The van der Waals surface area contributed by atoms with Crippen LogP contribution in [0.15, 0.2) is 0 Å². The van der Waals surface area contributed by atoms with E-state index >= 15 is 0 Å². The second-order valence-electron chi connectivity index (χ2n) is 7.01. The summed E-state index contributed by atoms with van der Waals surface area (Å²) < 4.78 is 5.41. The molecule has 0 aromatic rings. The topological polar surface area (TPSA) is 24.5 Å². The van der Waals surface area contributed by atoms with Crippen molar-refractivity contribution in [3.8, 4) is 0 Å². The average molecular weight is 256 g/mol. The van der Waals surface area contributed by atoms with Crippen LogP contribution in [-0.4, -0.2) is 50.3 Å². The van der Waals surface area contributed by atoms with Crippen LogP contribution in [0, 0.1) is 11.8 Å². The van der Waals surface area contributed by atoms with Gasteiger partial charge in [0.15, 0.2) is 0 Å². The molecule has 1 saturated heterocycles. The minimum absolute atomic E-state index is 0.230. The number of rotatable bonds is 6. The summed E-state index contributed by atoms with van der Waals surface area (Å²) in [6.45, 7) is 14.4. The van der Waals surface area contributed by atoms with Crippen molar-refractivity contribution in [3.63, 3.8) is 0 Å². The molecule has 1 heterocycles. The third kappa shape index (κ3) is 7.34. The molecule has 0 bridgehead atoms. The number of nitrogens with one attached hydrogen (secondary N) is 1. The zero-order valence-electron chi connectivity index (χ0n) is 13.0. The molecule has 0 spiro atoms. The summed E-state index contributed by atoms with van der Waals surface area (Å²) in [5.41, 5.74) is 0.230. The molecule has 0 aromatic carbocycles. The van der Waals surface area contributed by atoms with Crippen molar-refractivity contribution in [2.45, 2.75) is 46.1 Å². The minimum atomic E-state index is 0.230. The lowest BCUT2D eigenvalue weighted by molar-refractivity contribution is 0.0542. The molecule has 0 saturated carbocycles. The van der Waals surface area contributed by atoms with Crippen LogP contribution >= 0.6 is 0 Å². The van der Waals surface area contributed by atoms with Gasteiger partial charge in [0, 0.05) is 31.8 Å². The minimum Gasteiger partial charge on any atom is -0.381 e. The Morgan fingerprint density at radius 3 is 2.44 bits per heavy atom. The van der Waals surface area contributed by atoms with Crippen molar-refractivity contribution in [2.24, 2.45) is 11.8 Å². The molecule has 1 aliphatic rings. The summed E-state index contributed by atoms with van der Waals surface area (Å²) in [7, 11) is 2.25. The van der Waals surface area contributed by atoms with Gasteiger partial charge in [-0.2, -0.15) is 0 Å². The van der Waals surface area contributed by atoms with Gasteiger partial charge in [0.1, 0.15) is 0 Å². The molecule has 0 aliphatic carbocycles. The van der Waals surface area contributed by atoms with E-state index in [2.05, 4.69) is 45.0 Å². The fourth-order valence-corrected chi connectivity index (χ4v) is 2.52. The van der Waals surface area contributed by atoms with E-state index in [-0.39, 0.29) is 5.54 Å². The Hall–Kier alpha value is -0.120. The molecule has 1 unspecified atom stereocenters. The molecular weight excluding hydrogens is 224 g/mol. The van der Waals surface area contributed by atoms with Crippen LogP contribution < -0.4 is 5.32 Å². The van der Waals surface area contributed by atoms with Crippen LogP contribution in [0.4, 0.5) is 0 Å². The lowest BCUT2D eigenvalue weighted by Crippen LogP contribution is -2.41. The summed E-state index contributed by atoms with van der Waals surface area (Å²) in [6.07, 6.45) is 2.47. The first-order valence-electron chi connectivity index (χ1n) is 7.38. The van der Waals surface area contributed by atoms with Crippen molar-refractivity contribution in [3.05, 3.63) is 0 Å². The largest absolute Gasteiger partial charge is 0.381 e. The quantitative estimate of drug-likeness (QED) is 0.789. The van der Waals surface area contributed by atoms with E-state index in [0.717, 1.165) is 25.7 Å². The Morgan fingerprint density at radius 2 is 1.89 bits per heavy atom. The monoisotopic (exact) mass is 256 g/mol. The van der Waals surface area contributed by atoms with Gasteiger partial charge in [0.05, 0.1) is 0 Å². The highest BCUT2D eigenvalue weighted by atomic mass is 16.5. The molecular formula is C15H32N2O. The van der Waals surface area contributed by atoms with E-state index < -0.39 is 0 Å². The lowest BCUT2D eigenvalue weighted by Gasteiger charge is -2.30. The fraction of sp³-hybridized carbons (Fsp3) is 1.00. The van der Waals surface area contributed by atoms with Crippen LogP contribution in [0.3, 0.4) is 0 Å². The molecule has 0 aromatic heterocycles. The summed E-state index contributed by atoms with van der Waals surface area (Å²) in [5, 5.41) is 3.58. The van der Waals surface area contributed by atoms with Crippen LogP contribution in [0.2, 0.25) is 0 Å². The lowest BCUT2D eigenvalue weighted by atomic mass is 9.99. The molecule has 1 N–H and O–H groups in total. The molecule has 1 fully saturated rings. The summed E-state index contributed by atoms with van der Waals surface area (Å²) >= 11 is 0. The molecule has 3 nitrogen and oxygen atoms in total. The average Bonchev–Trinajstić information content (AvgIpc) is 2.26. The van der Waals surface area contributed by atoms with E-state index in [1.807, 2.05) is 0 Å². The Labute approximate surface area is 113 Å². The highest BCUT2D eigenvalue weighted by molar-refractivity contribution is 4.74. The van der Waals surface area contributed by atoms with Gasteiger partial charge in [-0.05, 0) is 59.0 Å². The first kappa shape index (κ1) is 15.9. The van der Waals surface area contributed by atoms with Crippen LogP contribution in [0.1, 0.15) is 40.5 Å². The van der Waals surface area contributed by atoms with E-state index in [1.165, 1.54) is 25.9 Å². The van der Waals surface area contributed by atoms with Crippen molar-refractivity contribution in [1.82, 2.24) is 10.2 Å². The second kappa shape index (κ2) is 7.46. The van der Waals surface area contributed by atoms with Gasteiger partial charge >= 0.3 is 0 Å². The molecule has 0 amide bonds. The van der Waals surface area contributed by atoms with Gasteiger partial charge < -0.3 is 15.0 Å². The third-order valence-corrected chi connectivity index (χ3v) is 3.51. The fourth-order valence-electron chi connectivity index (χ4n) is 2.52. The van der Waals surface area contributed by atoms with Gasteiger partial charge in [-0.15, -0.1) is 0 Å². The molecule has 0 radical (unpaired) electrons. The molecule has 1 atom stereocenters. The van der Waals surface area contributed by atoms with Crippen molar-refractivity contribution >= 4 is 0 Å². The molecule has 1 rings (SSSR count). The van der Waals surface area contributed by atoms with Gasteiger partial charge in [-0.3, -0.25) is 0 Å². The van der Waals surface area contributed by atoms with Crippen LogP contribution in [-0.2, 0) is 4.74 Å². The standard InChI is InChI=1S/C15H32N2O/c1-13(10-16-15(2,3)4)11-17(5)12-14-6-8-18-9-7-14/h13-14,16H,6-12H2,1-5H3. The van der Waals surface area contributed by atoms with Gasteiger partial charge in [-0.1, -0.05) is 6.92 Å². The van der Waals surface area contributed by atoms with E-state index in [9.17, 15) is 0 Å². The number of hydrogen-bond acceptors (Lipinski definition) is 3. The number of hydrogen-bond donors (Lipinski definition) is 1. The van der Waals surface area contributed by atoms with Crippen molar-refractivity contribution in [2.75, 3.05) is 39.9 Å². The predicted octanol–water partition coefficient (Wildman–Crippen LogP) is 2.37. The first-order valence-corrected chi connectivity index (χ1v) is 7.38. The number of nitrogens with zero attached hydrogens (tertiary/aromatic N) is 1. The molecule has 1 aliphatic heterocycles. The SMILES string of the molecule is CC(CNC(C)(C)C)CN(C)CC1CCOCC1. The van der Waals surface area contributed by atoms with E-state index in [4.69, 9.17) is 4.74 Å². The van der Waals surface area contributed by atoms with Crippen LogP contribution in [0.25, 0.3) is 0 Å². The Bertz CT molecular complexity index is 219. The highest BCUT2D eigenvalue weighted by Gasteiger charge is 2.17. The first-order chi connectivity index (χ1) is 8.37. The summed E-state index contributed by atoms with van der Waals surface area (Å²) in [6, 6.07) is 0. The maximum absolute atomic E-state index is 5.41. The Morgan fingerprint density at radius 1 is 1.28 bits per heavy atom. The zero-order valence-corrected chi connectivity index (χ0v) is 13.0. The second-order valence-corrected chi connectivity index (χ2v) is 7.01. The van der Waals surface area contributed by atoms with Gasteiger partial charge in [0.2, 0.25) is 0 Å². The van der Waals surface area contributed by atoms with Crippen molar-refractivity contribution < 1.29 is 4.74 Å². The maximum Gasteiger partial charge on any atom is 0.0469 e. The Kier molecular flexibility index (Phi) is 6.61. The normalized spacial score (nSPS) is 20.3. The van der Waals surface area contributed by atoms with Crippen molar-refractivity contribution in [1.29, 1.82) is 0 Å². The molecule has 18 heavy (non-hydrogen) atoms. The number of ether oxygens (including phenoxy) is 1. The predicted molar refractivity (Wildman–Crippen MR) is 78.0 cm³/mol. The Balaban J connectivity index is 2.16. The maximum atomic E-state index is 5.41. The molecule has 108 valence electrons. The van der Waals surface area contributed by atoms with Gasteiger partial charge in [-0.25, -0.2) is 0 Å². The summed E-state index contributed by atoms with van der Waals surface area (Å²) in [4.78, 5) is 2.49. The highest BCUT2D eigenvalue weighted by Crippen LogP contribution is 2.16.